The maximum absolute atomic E-state index is 14.3. The van der Waals surface area contributed by atoms with Crippen LogP contribution in [0.2, 0.25) is 15.1 Å². The molecule has 3 aromatic rings. The summed E-state index contributed by atoms with van der Waals surface area (Å²) >= 11 is 19.1. The van der Waals surface area contributed by atoms with Crippen molar-refractivity contribution in [1.82, 2.24) is 14.4 Å². The fourth-order valence-electron chi connectivity index (χ4n) is 6.52. The Bertz CT molecular complexity index is 1480. The van der Waals surface area contributed by atoms with E-state index in [9.17, 15) is 14.7 Å². The maximum Gasteiger partial charge on any atom is 0.255 e. The van der Waals surface area contributed by atoms with Crippen molar-refractivity contribution < 1.29 is 14.7 Å². The minimum atomic E-state index is -0.746. The van der Waals surface area contributed by atoms with Crippen LogP contribution in [-0.4, -0.2) is 69.6 Å². The van der Waals surface area contributed by atoms with Crippen LogP contribution in [0.15, 0.2) is 48.5 Å². The first-order chi connectivity index (χ1) is 20.5. The third-order valence-electron chi connectivity index (χ3n) is 9.26. The highest BCUT2D eigenvalue weighted by Gasteiger charge is 2.47. The van der Waals surface area contributed by atoms with Crippen molar-refractivity contribution in [3.63, 3.8) is 0 Å². The van der Waals surface area contributed by atoms with Gasteiger partial charge in [0.2, 0.25) is 5.91 Å². The molecule has 7 nitrogen and oxygen atoms in total. The third-order valence-corrected chi connectivity index (χ3v) is 10.1. The van der Waals surface area contributed by atoms with E-state index in [4.69, 9.17) is 40.5 Å². The molecule has 0 saturated carbocycles. The summed E-state index contributed by atoms with van der Waals surface area (Å²) in [5.74, 6) is -0.429. The second-order valence-electron chi connectivity index (χ2n) is 12.5. The number of amides is 2. The molecule has 5 rings (SSSR count). The lowest BCUT2D eigenvalue weighted by Crippen LogP contribution is -2.64. The van der Waals surface area contributed by atoms with Crippen LogP contribution in [0.5, 0.6) is 0 Å². The summed E-state index contributed by atoms with van der Waals surface area (Å²) in [7, 11) is 0. The Morgan fingerprint density at radius 2 is 1.51 bits per heavy atom. The molecule has 0 atom stereocenters. The van der Waals surface area contributed by atoms with Gasteiger partial charge in [0.25, 0.3) is 5.91 Å². The molecule has 0 bridgehead atoms. The molecule has 3 N–H and O–H groups in total. The second kappa shape index (κ2) is 12.8. The molecule has 2 aliphatic rings. The zero-order valence-corrected chi connectivity index (χ0v) is 27.0. The number of aliphatic hydroxyl groups excluding tert-OH is 1. The summed E-state index contributed by atoms with van der Waals surface area (Å²) in [6.07, 6.45) is 3.94. The summed E-state index contributed by atoms with van der Waals surface area (Å²) in [6, 6.07) is 14.6. The Morgan fingerprint density at radius 1 is 0.884 bits per heavy atom. The Balaban J connectivity index is 1.52. The monoisotopic (exact) mass is 644 g/mol. The molecule has 43 heavy (non-hydrogen) atoms. The van der Waals surface area contributed by atoms with E-state index in [1.54, 1.807) is 24.3 Å². The number of rotatable bonds is 8. The predicted molar refractivity (Wildman–Crippen MR) is 173 cm³/mol. The molecule has 2 aliphatic heterocycles. The van der Waals surface area contributed by atoms with Gasteiger partial charge in [0.15, 0.2) is 0 Å². The van der Waals surface area contributed by atoms with Crippen molar-refractivity contribution in [1.29, 1.82) is 0 Å². The van der Waals surface area contributed by atoms with E-state index in [0.717, 1.165) is 48.6 Å². The SMILES string of the molecule is CC1(C)CCN(C2(C(N)=O)CCN(C(=O)c3cc(-c4ccc(Cl)cc4Cl)n(-c4ccc(Cl)cc4)c3CCCO)CC2)CC1. The number of aromatic nitrogens is 1. The molecule has 2 fully saturated rings. The number of halogens is 3. The van der Waals surface area contributed by atoms with Crippen LogP contribution in [0.3, 0.4) is 0 Å². The van der Waals surface area contributed by atoms with Gasteiger partial charge in [0.05, 0.1) is 16.3 Å². The Hall–Kier alpha value is -2.55. The fraction of sp³-hybridized carbons (Fsp3) is 0.455. The molecule has 2 amide bonds. The van der Waals surface area contributed by atoms with E-state index in [1.807, 2.05) is 33.7 Å². The highest BCUT2D eigenvalue weighted by Crippen LogP contribution is 2.39. The van der Waals surface area contributed by atoms with Crippen LogP contribution in [0.25, 0.3) is 16.9 Å². The predicted octanol–water partition coefficient (Wildman–Crippen LogP) is 6.61. The number of aliphatic hydroxyl groups is 1. The van der Waals surface area contributed by atoms with Gasteiger partial charge in [-0.05, 0) is 106 Å². The van der Waals surface area contributed by atoms with Gasteiger partial charge in [-0.3, -0.25) is 14.5 Å². The van der Waals surface area contributed by atoms with Crippen LogP contribution in [0, 0.1) is 5.41 Å². The van der Waals surface area contributed by atoms with Gasteiger partial charge in [0, 0.05) is 46.7 Å². The first-order valence-electron chi connectivity index (χ1n) is 14.9. The molecular formula is C33H39Cl3N4O3. The summed E-state index contributed by atoms with van der Waals surface area (Å²) in [6.45, 7) is 6.99. The van der Waals surface area contributed by atoms with Crippen LogP contribution >= 0.6 is 34.8 Å². The molecule has 10 heteroatoms. The molecule has 0 aliphatic carbocycles. The number of nitrogens with two attached hydrogens (primary N) is 1. The number of primary amides is 1. The molecule has 3 heterocycles. The highest BCUT2D eigenvalue weighted by molar-refractivity contribution is 6.36. The Labute approximate surface area is 268 Å². The molecule has 1 aromatic heterocycles. The third kappa shape index (κ3) is 6.47. The smallest absolute Gasteiger partial charge is 0.255 e. The second-order valence-corrected chi connectivity index (χ2v) is 13.8. The standard InChI is InChI=1S/C33H39Cl3N4O3/c1-32(2)11-17-39(18-12-32)33(31(37)43)13-15-38(16-14-33)30(42)26-21-29(25-10-7-23(35)20-27(25)36)40(28(26)4-3-19-41)24-8-5-22(34)6-9-24/h5-10,20-21,41H,3-4,11-19H2,1-2H3,(H2,37,43). The van der Waals surface area contributed by atoms with Gasteiger partial charge in [0.1, 0.15) is 5.54 Å². The van der Waals surface area contributed by atoms with Crippen LogP contribution in [0.4, 0.5) is 0 Å². The molecule has 2 saturated heterocycles. The first kappa shape index (κ1) is 31.9. The number of carbonyl (C=O) groups is 2. The van der Waals surface area contributed by atoms with Crippen molar-refractivity contribution in [2.24, 2.45) is 11.1 Å². The van der Waals surface area contributed by atoms with Gasteiger partial charge in [-0.1, -0.05) is 48.7 Å². The first-order valence-corrected chi connectivity index (χ1v) is 16.0. The number of hydrogen-bond acceptors (Lipinski definition) is 4. The van der Waals surface area contributed by atoms with Gasteiger partial charge in [-0.2, -0.15) is 0 Å². The fourth-order valence-corrected chi connectivity index (χ4v) is 7.15. The molecule has 2 aromatic carbocycles. The lowest BCUT2D eigenvalue weighted by molar-refractivity contribution is -0.135. The Morgan fingerprint density at radius 3 is 2.09 bits per heavy atom. The lowest BCUT2D eigenvalue weighted by atomic mass is 9.78. The summed E-state index contributed by atoms with van der Waals surface area (Å²) < 4.78 is 2.02. The molecular weight excluding hydrogens is 607 g/mol. The van der Waals surface area contributed by atoms with E-state index in [1.165, 1.54) is 0 Å². The zero-order chi connectivity index (χ0) is 30.9. The molecule has 230 valence electrons. The molecule has 0 spiro atoms. The van der Waals surface area contributed by atoms with Crippen molar-refractivity contribution in [2.45, 2.75) is 57.9 Å². The lowest BCUT2D eigenvalue weighted by Gasteiger charge is -2.50. The van der Waals surface area contributed by atoms with Crippen molar-refractivity contribution in [3.05, 3.63) is 74.9 Å². The number of benzene rings is 2. The average molecular weight is 646 g/mol. The van der Waals surface area contributed by atoms with E-state index in [-0.39, 0.29) is 23.8 Å². The number of hydrogen-bond donors (Lipinski definition) is 2. The summed E-state index contributed by atoms with van der Waals surface area (Å²) in [5, 5.41) is 11.3. The number of piperidine rings is 2. The van der Waals surface area contributed by atoms with E-state index < -0.39 is 5.54 Å². The van der Waals surface area contributed by atoms with Gasteiger partial charge < -0.3 is 20.3 Å². The number of likely N-dealkylation sites (tertiary alicyclic amines) is 2. The number of nitrogens with zero attached hydrogens (tertiary/aromatic N) is 3. The van der Waals surface area contributed by atoms with E-state index in [0.29, 0.717) is 59.4 Å². The largest absolute Gasteiger partial charge is 0.396 e. The van der Waals surface area contributed by atoms with Crippen molar-refractivity contribution in [2.75, 3.05) is 32.8 Å². The van der Waals surface area contributed by atoms with Crippen LogP contribution < -0.4 is 5.73 Å². The maximum atomic E-state index is 14.3. The van der Waals surface area contributed by atoms with Crippen molar-refractivity contribution in [3.8, 4) is 16.9 Å². The van der Waals surface area contributed by atoms with Gasteiger partial charge in [-0.25, -0.2) is 0 Å². The normalized spacial score (nSPS) is 18.5. The Kier molecular flexibility index (Phi) is 9.50. The minimum Gasteiger partial charge on any atom is -0.396 e. The van der Waals surface area contributed by atoms with Crippen LogP contribution in [-0.2, 0) is 11.2 Å². The van der Waals surface area contributed by atoms with E-state index >= 15 is 0 Å². The van der Waals surface area contributed by atoms with E-state index in [2.05, 4.69) is 18.7 Å². The molecule has 0 unspecified atom stereocenters. The highest BCUT2D eigenvalue weighted by atomic mass is 35.5. The quantitative estimate of drug-likeness (QED) is 0.288. The van der Waals surface area contributed by atoms with Gasteiger partial charge in [-0.15, -0.1) is 0 Å². The average Bonchev–Trinajstić information content (AvgIpc) is 3.35. The molecule has 0 radical (unpaired) electrons. The van der Waals surface area contributed by atoms with Crippen molar-refractivity contribution >= 4 is 46.6 Å². The minimum absolute atomic E-state index is 0.0199. The summed E-state index contributed by atoms with van der Waals surface area (Å²) in [5.41, 5.74) is 9.15. The van der Waals surface area contributed by atoms with Gasteiger partial charge >= 0.3 is 0 Å². The topological polar surface area (TPSA) is 91.8 Å². The zero-order valence-electron chi connectivity index (χ0n) is 24.7. The number of carbonyl (C=O) groups excluding carboxylic acids is 2. The van der Waals surface area contributed by atoms with Crippen LogP contribution in [0.1, 0.15) is 62.0 Å². The summed E-state index contributed by atoms with van der Waals surface area (Å²) in [4.78, 5) is 31.3.